The molecule has 0 aromatic heterocycles. The maximum absolute atomic E-state index is 11.5. The number of sulfone groups is 1. The zero-order valence-corrected chi connectivity index (χ0v) is 17.9. The molecule has 0 aromatic rings. The molecular weight excluding hydrogens is 445 g/mol. The quantitative estimate of drug-likeness (QED) is 0.200. The molecule has 0 radical (unpaired) electrons. The second-order valence-electron chi connectivity index (χ2n) is 5.58. The van der Waals surface area contributed by atoms with Gasteiger partial charge in [0.05, 0.1) is 19.0 Å². The fourth-order valence-corrected chi connectivity index (χ4v) is 2.84. The van der Waals surface area contributed by atoms with Gasteiger partial charge in [-0.1, -0.05) is 6.92 Å². The lowest BCUT2D eigenvalue weighted by atomic mass is 10.1. The third-order valence-corrected chi connectivity index (χ3v) is 5.29. The van der Waals surface area contributed by atoms with E-state index >= 15 is 0 Å². The van der Waals surface area contributed by atoms with Gasteiger partial charge in [-0.2, -0.15) is 0 Å². The number of halogens is 1. The van der Waals surface area contributed by atoms with E-state index in [9.17, 15) is 8.42 Å². The number of nitrogens with zero attached hydrogens (tertiary/aromatic N) is 1. The van der Waals surface area contributed by atoms with Crippen molar-refractivity contribution < 1.29 is 17.9 Å². The van der Waals surface area contributed by atoms with Crippen LogP contribution in [0, 0.1) is 5.92 Å². The first kappa shape index (κ1) is 23.9. The third-order valence-electron chi connectivity index (χ3n) is 3.58. The molecule has 144 valence electrons. The van der Waals surface area contributed by atoms with Gasteiger partial charge >= 0.3 is 0 Å². The minimum atomic E-state index is -2.95. The summed E-state index contributed by atoms with van der Waals surface area (Å²) in [5, 5.41) is 6.16. The van der Waals surface area contributed by atoms with E-state index in [1.807, 2.05) is 6.92 Å². The summed E-state index contributed by atoms with van der Waals surface area (Å²) in [7, 11) is -2.95. The van der Waals surface area contributed by atoms with Gasteiger partial charge in [-0.25, -0.2) is 8.42 Å². The van der Waals surface area contributed by atoms with Crippen LogP contribution in [0.3, 0.4) is 0 Å². The Morgan fingerprint density at radius 2 is 2.12 bits per heavy atom. The van der Waals surface area contributed by atoms with Crippen molar-refractivity contribution >= 4 is 39.8 Å². The lowest BCUT2D eigenvalue weighted by Crippen LogP contribution is -2.39. The fraction of sp³-hybridized carbons (Fsp3) is 0.933. The highest BCUT2D eigenvalue weighted by molar-refractivity contribution is 14.0. The molecule has 1 unspecified atom stereocenters. The molecule has 0 saturated carbocycles. The first-order valence-electron chi connectivity index (χ1n) is 8.45. The lowest BCUT2D eigenvalue weighted by molar-refractivity contribution is 0.0893. The van der Waals surface area contributed by atoms with E-state index in [1.165, 1.54) is 0 Å². The van der Waals surface area contributed by atoms with Crippen LogP contribution in [-0.4, -0.2) is 71.9 Å². The molecule has 1 rings (SSSR count). The molecular formula is C15H32IN3O4S. The molecule has 0 amide bonds. The average molecular weight is 477 g/mol. The summed E-state index contributed by atoms with van der Waals surface area (Å²) in [5.74, 6) is 1.49. The number of hydrogen-bond donors (Lipinski definition) is 2. The Labute approximate surface area is 163 Å². The average Bonchev–Trinajstić information content (AvgIpc) is 3.03. The van der Waals surface area contributed by atoms with Gasteiger partial charge in [0, 0.05) is 44.5 Å². The van der Waals surface area contributed by atoms with Crippen LogP contribution < -0.4 is 10.6 Å². The van der Waals surface area contributed by atoms with Crippen LogP contribution in [0.25, 0.3) is 0 Å². The van der Waals surface area contributed by atoms with Gasteiger partial charge in [-0.15, -0.1) is 24.0 Å². The van der Waals surface area contributed by atoms with Crippen molar-refractivity contribution in [1.82, 2.24) is 10.6 Å². The Balaban J connectivity index is 0.00000529. The smallest absolute Gasteiger partial charge is 0.191 e. The highest BCUT2D eigenvalue weighted by Crippen LogP contribution is 2.12. The molecule has 1 heterocycles. The first-order chi connectivity index (χ1) is 11.1. The molecule has 1 aliphatic rings. The summed E-state index contributed by atoms with van der Waals surface area (Å²) >= 11 is 0. The number of rotatable bonds is 11. The summed E-state index contributed by atoms with van der Waals surface area (Å²) in [6.45, 7) is 8.51. The largest absolute Gasteiger partial charge is 0.381 e. The maximum Gasteiger partial charge on any atom is 0.191 e. The van der Waals surface area contributed by atoms with Gasteiger partial charge in [0.25, 0.3) is 0 Å². The first-order valence-corrected chi connectivity index (χ1v) is 10.3. The minimum Gasteiger partial charge on any atom is -0.381 e. The molecule has 1 saturated heterocycles. The van der Waals surface area contributed by atoms with Gasteiger partial charge in [-0.05, 0) is 19.8 Å². The van der Waals surface area contributed by atoms with E-state index in [-0.39, 0.29) is 35.5 Å². The third kappa shape index (κ3) is 11.4. The molecule has 0 spiro atoms. The highest BCUT2D eigenvalue weighted by atomic mass is 127. The van der Waals surface area contributed by atoms with Crippen molar-refractivity contribution in [3.05, 3.63) is 0 Å². The minimum absolute atomic E-state index is 0. The topological polar surface area (TPSA) is 89.0 Å². The van der Waals surface area contributed by atoms with Crippen molar-refractivity contribution in [2.24, 2.45) is 10.9 Å². The summed E-state index contributed by atoms with van der Waals surface area (Å²) in [4.78, 5) is 4.42. The van der Waals surface area contributed by atoms with E-state index in [0.717, 1.165) is 39.2 Å². The highest BCUT2D eigenvalue weighted by Gasteiger charge is 2.15. The van der Waals surface area contributed by atoms with Gasteiger partial charge in [0.2, 0.25) is 0 Å². The molecule has 24 heavy (non-hydrogen) atoms. The van der Waals surface area contributed by atoms with Crippen LogP contribution in [0.4, 0.5) is 0 Å². The maximum atomic E-state index is 11.5. The number of ether oxygens (including phenoxy) is 2. The Morgan fingerprint density at radius 3 is 2.75 bits per heavy atom. The monoisotopic (exact) mass is 477 g/mol. The van der Waals surface area contributed by atoms with Crippen LogP contribution in [0.2, 0.25) is 0 Å². The fourth-order valence-electron chi connectivity index (χ4n) is 2.13. The molecule has 1 fully saturated rings. The van der Waals surface area contributed by atoms with Crippen molar-refractivity contribution in [3.63, 3.8) is 0 Å². The molecule has 0 aromatic carbocycles. The van der Waals surface area contributed by atoms with Crippen LogP contribution in [0.5, 0.6) is 0 Å². The summed E-state index contributed by atoms with van der Waals surface area (Å²) in [5.41, 5.74) is 0. The molecule has 1 atom stereocenters. The zero-order chi connectivity index (χ0) is 17.0. The van der Waals surface area contributed by atoms with Crippen LogP contribution in [0.15, 0.2) is 4.99 Å². The number of guanidine groups is 1. The second kappa shape index (κ2) is 14.1. The number of aliphatic imine (C=N–C) groups is 1. The molecule has 9 heteroatoms. The standard InChI is InChI=1S/C15H31N3O4S.HI/c1-3-16-15(18-8-11-23(19,20)4-2)17-7-5-9-21-12-14-6-10-22-13-14;/h14H,3-13H2,1-2H3,(H2,16,17,18);1H. The molecule has 7 nitrogen and oxygen atoms in total. The van der Waals surface area contributed by atoms with Gasteiger partial charge in [0.1, 0.15) is 0 Å². The summed E-state index contributed by atoms with van der Waals surface area (Å²) in [6, 6.07) is 0. The summed E-state index contributed by atoms with van der Waals surface area (Å²) in [6.07, 6.45) is 1.94. The van der Waals surface area contributed by atoms with Gasteiger partial charge in [-0.3, -0.25) is 4.99 Å². The Bertz CT molecular complexity index is 440. The van der Waals surface area contributed by atoms with Crippen LogP contribution in [-0.2, 0) is 19.3 Å². The predicted octanol–water partition coefficient (Wildman–Crippen LogP) is 1.04. The van der Waals surface area contributed by atoms with Crippen molar-refractivity contribution in [3.8, 4) is 0 Å². The van der Waals surface area contributed by atoms with Gasteiger partial charge < -0.3 is 20.1 Å². The van der Waals surface area contributed by atoms with Crippen molar-refractivity contribution in [1.29, 1.82) is 0 Å². The zero-order valence-electron chi connectivity index (χ0n) is 14.8. The van der Waals surface area contributed by atoms with Crippen LogP contribution in [0.1, 0.15) is 26.7 Å². The molecule has 0 bridgehead atoms. The van der Waals surface area contributed by atoms with E-state index in [0.29, 0.717) is 31.6 Å². The SMILES string of the molecule is CCNC(=NCCCOCC1CCOC1)NCCS(=O)(=O)CC.I. The molecule has 2 N–H and O–H groups in total. The van der Waals surface area contributed by atoms with E-state index < -0.39 is 9.84 Å². The summed E-state index contributed by atoms with van der Waals surface area (Å²) < 4.78 is 33.8. The lowest BCUT2D eigenvalue weighted by Gasteiger charge is -2.11. The Morgan fingerprint density at radius 1 is 1.33 bits per heavy atom. The van der Waals surface area contributed by atoms with Crippen molar-refractivity contribution in [2.45, 2.75) is 26.7 Å². The van der Waals surface area contributed by atoms with Crippen molar-refractivity contribution in [2.75, 3.05) is 57.6 Å². The second-order valence-corrected chi connectivity index (χ2v) is 8.05. The number of nitrogens with one attached hydrogen (secondary N) is 2. The van der Waals surface area contributed by atoms with E-state index in [1.54, 1.807) is 6.92 Å². The normalized spacial score (nSPS) is 18.2. The predicted molar refractivity (Wildman–Crippen MR) is 108 cm³/mol. The van der Waals surface area contributed by atoms with Crippen LogP contribution >= 0.6 is 24.0 Å². The number of hydrogen-bond acceptors (Lipinski definition) is 5. The molecule has 1 aliphatic heterocycles. The Hall–Kier alpha value is -0.130. The Kier molecular flexibility index (Phi) is 14.0. The van der Waals surface area contributed by atoms with E-state index in [4.69, 9.17) is 9.47 Å². The molecule has 0 aliphatic carbocycles. The van der Waals surface area contributed by atoms with Gasteiger partial charge in [0.15, 0.2) is 15.8 Å². The van der Waals surface area contributed by atoms with E-state index in [2.05, 4.69) is 15.6 Å².